The topological polar surface area (TPSA) is 26.0 Å². The van der Waals surface area contributed by atoms with E-state index in [1.54, 1.807) is 6.26 Å². The molecule has 0 heterocycles. The molecule has 0 amide bonds. The van der Waals surface area contributed by atoms with Crippen LogP contribution < -0.4 is 5.73 Å². The predicted molar refractivity (Wildman–Crippen MR) is 58.8 cm³/mol. The van der Waals surface area contributed by atoms with Gasteiger partial charge in [0.2, 0.25) is 0 Å². The molecule has 0 bridgehead atoms. The van der Waals surface area contributed by atoms with Gasteiger partial charge in [0.1, 0.15) is 0 Å². The van der Waals surface area contributed by atoms with Crippen molar-refractivity contribution in [2.45, 2.75) is 6.42 Å². The van der Waals surface area contributed by atoms with Crippen LogP contribution in [0.15, 0.2) is 30.3 Å². The van der Waals surface area contributed by atoms with E-state index in [1.165, 1.54) is 0 Å². The van der Waals surface area contributed by atoms with E-state index in [1.807, 2.05) is 30.3 Å². The summed E-state index contributed by atoms with van der Waals surface area (Å²) in [6.45, 7) is 0.338. The van der Waals surface area contributed by atoms with Gasteiger partial charge in [0.15, 0.2) is 0 Å². The third-order valence-electron chi connectivity index (χ3n) is 1.87. The van der Waals surface area contributed by atoms with Crippen LogP contribution in [0.3, 0.4) is 0 Å². The Morgan fingerprint density at radius 3 is 2.46 bits per heavy atom. The standard InChI is InChI=1S/C10H14FNS/c1-13(11)10(8-12)7-9-5-3-2-4-6-9/h2-6H,7-8,12H2,1H3. The van der Waals surface area contributed by atoms with Gasteiger partial charge in [-0.05, 0) is 16.4 Å². The highest BCUT2D eigenvalue weighted by Gasteiger charge is 2.00. The maximum Gasteiger partial charge on any atom is 0.0219 e. The quantitative estimate of drug-likeness (QED) is 0.742. The van der Waals surface area contributed by atoms with E-state index in [4.69, 9.17) is 5.73 Å². The van der Waals surface area contributed by atoms with Gasteiger partial charge >= 0.3 is 0 Å². The SMILES string of the molecule is C/S(F)=C(/CN)Cc1ccccc1. The third-order valence-corrected chi connectivity index (χ3v) is 2.98. The predicted octanol–water partition coefficient (Wildman–Crippen LogP) is 2.14. The van der Waals surface area contributed by atoms with Crippen LogP contribution in [0.2, 0.25) is 0 Å². The fraction of sp³-hybridized carbons (Fsp3) is 0.300. The summed E-state index contributed by atoms with van der Waals surface area (Å²) in [5.74, 6) is 0. The molecule has 1 nitrogen and oxygen atoms in total. The van der Waals surface area contributed by atoms with Crippen molar-refractivity contribution < 1.29 is 3.89 Å². The largest absolute Gasteiger partial charge is 0.326 e. The lowest BCUT2D eigenvalue weighted by molar-refractivity contribution is 0.938. The molecule has 0 saturated carbocycles. The van der Waals surface area contributed by atoms with E-state index in [9.17, 15) is 3.89 Å². The highest BCUT2D eigenvalue weighted by Crippen LogP contribution is 2.13. The molecule has 1 aromatic carbocycles. The Kier molecular flexibility index (Phi) is 4.12. The van der Waals surface area contributed by atoms with E-state index in [0.717, 1.165) is 10.4 Å². The monoisotopic (exact) mass is 199 g/mol. The van der Waals surface area contributed by atoms with Crippen molar-refractivity contribution in [1.82, 2.24) is 0 Å². The molecule has 2 N–H and O–H groups in total. The van der Waals surface area contributed by atoms with Crippen LogP contribution in [0.1, 0.15) is 5.56 Å². The summed E-state index contributed by atoms with van der Waals surface area (Å²) >= 11 is 0. The first kappa shape index (κ1) is 10.4. The normalized spacial score (nSPS) is 13.9. The fourth-order valence-electron chi connectivity index (χ4n) is 1.11. The van der Waals surface area contributed by atoms with Crippen molar-refractivity contribution in [2.24, 2.45) is 5.73 Å². The number of hydrogen-bond donors (Lipinski definition) is 1. The molecule has 0 aliphatic carbocycles. The summed E-state index contributed by atoms with van der Waals surface area (Å²) in [7, 11) is -1.16. The summed E-state index contributed by atoms with van der Waals surface area (Å²) < 4.78 is 13.0. The Morgan fingerprint density at radius 1 is 1.38 bits per heavy atom. The lowest BCUT2D eigenvalue weighted by Gasteiger charge is -2.04. The molecule has 1 atom stereocenters. The van der Waals surface area contributed by atoms with Crippen LogP contribution in [0.5, 0.6) is 0 Å². The molecule has 1 aromatic rings. The Labute approximate surface area is 81.0 Å². The fourth-order valence-corrected chi connectivity index (χ4v) is 1.71. The van der Waals surface area contributed by atoms with Crippen molar-refractivity contribution in [1.29, 1.82) is 0 Å². The van der Waals surface area contributed by atoms with E-state index in [0.29, 0.717) is 13.0 Å². The molecule has 0 radical (unpaired) electrons. The van der Waals surface area contributed by atoms with Crippen LogP contribution in [0.4, 0.5) is 3.89 Å². The summed E-state index contributed by atoms with van der Waals surface area (Å²) in [6, 6.07) is 9.84. The molecule has 1 unspecified atom stereocenters. The van der Waals surface area contributed by atoms with Crippen LogP contribution >= 0.6 is 10.9 Å². The first-order valence-corrected chi connectivity index (χ1v) is 5.68. The van der Waals surface area contributed by atoms with Gasteiger partial charge in [0, 0.05) is 24.1 Å². The second-order valence-electron chi connectivity index (χ2n) is 2.84. The van der Waals surface area contributed by atoms with Gasteiger partial charge < -0.3 is 5.73 Å². The van der Waals surface area contributed by atoms with Gasteiger partial charge in [-0.2, -0.15) is 3.89 Å². The molecular weight excluding hydrogens is 185 g/mol. The number of nitrogens with two attached hydrogens (primary N) is 1. The second kappa shape index (κ2) is 5.14. The Hall–Kier alpha value is -0.670. The van der Waals surface area contributed by atoms with Crippen LogP contribution in [-0.4, -0.2) is 17.7 Å². The van der Waals surface area contributed by atoms with Crippen LogP contribution in [0, 0.1) is 0 Å². The summed E-state index contributed by atoms with van der Waals surface area (Å²) in [6.07, 6.45) is 2.22. The van der Waals surface area contributed by atoms with Gasteiger partial charge in [0.05, 0.1) is 0 Å². The zero-order valence-electron chi connectivity index (χ0n) is 7.66. The molecule has 0 spiro atoms. The van der Waals surface area contributed by atoms with Crippen molar-refractivity contribution in [3.05, 3.63) is 35.9 Å². The molecule has 0 saturated heterocycles. The lowest BCUT2D eigenvalue weighted by Crippen LogP contribution is -2.15. The Bertz CT molecular complexity index is 291. The van der Waals surface area contributed by atoms with Gasteiger partial charge in [-0.25, -0.2) is 0 Å². The molecule has 0 aliphatic heterocycles. The van der Waals surface area contributed by atoms with E-state index in [2.05, 4.69) is 0 Å². The van der Waals surface area contributed by atoms with Crippen LogP contribution in [-0.2, 0) is 6.42 Å². The van der Waals surface area contributed by atoms with Crippen LogP contribution in [0.25, 0.3) is 0 Å². The minimum absolute atomic E-state index is 0.338. The Morgan fingerprint density at radius 2 is 2.00 bits per heavy atom. The van der Waals surface area contributed by atoms with Gasteiger partial charge in [-0.15, -0.1) is 0 Å². The highest BCUT2D eigenvalue weighted by atomic mass is 32.2. The van der Waals surface area contributed by atoms with E-state index < -0.39 is 10.9 Å². The summed E-state index contributed by atoms with van der Waals surface area (Å²) in [4.78, 5) is 0.784. The minimum Gasteiger partial charge on any atom is -0.326 e. The van der Waals surface area contributed by atoms with Crippen molar-refractivity contribution in [3.8, 4) is 0 Å². The highest BCUT2D eigenvalue weighted by molar-refractivity contribution is 8.11. The van der Waals surface area contributed by atoms with Crippen molar-refractivity contribution in [3.63, 3.8) is 0 Å². The molecule has 0 aromatic heterocycles. The second-order valence-corrected chi connectivity index (χ2v) is 4.29. The number of benzene rings is 1. The summed E-state index contributed by atoms with van der Waals surface area (Å²) in [5, 5.41) is 0. The molecule has 13 heavy (non-hydrogen) atoms. The van der Waals surface area contributed by atoms with Gasteiger partial charge in [-0.1, -0.05) is 30.3 Å². The molecule has 72 valence electrons. The number of rotatable bonds is 3. The summed E-state index contributed by atoms with van der Waals surface area (Å²) in [5.41, 5.74) is 6.58. The Balaban J connectivity index is 2.74. The smallest absolute Gasteiger partial charge is 0.0219 e. The lowest BCUT2D eigenvalue weighted by atomic mass is 10.1. The molecule has 1 rings (SSSR count). The number of hydrogen-bond acceptors (Lipinski definition) is 1. The van der Waals surface area contributed by atoms with Gasteiger partial charge in [-0.3, -0.25) is 0 Å². The van der Waals surface area contributed by atoms with Crippen molar-refractivity contribution >= 4 is 15.7 Å². The minimum atomic E-state index is -1.16. The zero-order valence-corrected chi connectivity index (χ0v) is 8.48. The zero-order chi connectivity index (χ0) is 9.68. The first-order valence-electron chi connectivity index (χ1n) is 4.15. The molecule has 3 heteroatoms. The first-order chi connectivity index (χ1) is 6.24. The molecular formula is C10H14FNS. The average Bonchev–Trinajstić information content (AvgIpc) is 2.15. The van der Waals surface area contributed by atoms with Crippen molar-refractivity contribution in [2.75, 3.05) is 12.8 Å². The molecule has 0 fully saturated rings. The van der Waals surface area contributed by atoms with E-state index >= 15 is 0 Å². The van der Waals surface area contributed by atoms with Gasteiger partial charge in [0.25, 0.3) is 0 Å². The third kappa shape index (κ3) is 3.28. The number of halogens is 1. The van der Waals surface area contributed by atoms with E-state index in [-0.39, 0.29) is 0 Å². The molecule has 0 aliphatic rings. The maximum atomic E-state index is 13.0. The maximum absolute atomic E-state index is 13.0. The average molecular weight is 199 g/mol.